The number of halogens is 4. The van der Waals surface area contributed by atoms with Crippen molar-refractivity contribution < 1.29 is 30.7 Å². The summed E-state index contributed by atoms with van der Waals surface area (Å²) in [4.78, 5) is 0. The van der Waals surface area contributed by atoms with Crippen molar-refractivity contribution in [1.82, 2.24) is 10.0 Å². The molecule has 2 unspecified atom stereocenters. The highest BCUT2D eigenvalue weighted by Gasteiger charge is 2.34. The molecule has 1 saturated carbocycles. The van der Waals surface area contributed by atoms with Crippen molar-refractivity contribution in [2.24, 2.45) is 5.92 Å². The largest absolute Gasteiger partial charge is 0.489 e. The van der Waals surface area contributed by atoms with E-state index in [1.54, 1.807) is 19.2 Å². The fourth-order valence-electron chi connectivity index (χ4n) is 4.53. The molecule has 2 aliphatic carbocycles. The van der Waals surface area contributed by atoms with Gasteiger partial charge in [0.1, 0.15) is 6.61 Å². The number of sulfonamides is 1. The second-order valence-electron chi connectivity index (χ2n) is 9.06. The van der Waals surface area contributed by atoms with Gasteiger partial charge in [0.15, 0.2) is 11.6 Å². The molecule has 0 spiro atoms. The molecular formula is C24H28F4N2O3S. The Morgan fingerprint density at radius 2 is 1.91 bits per heavy atom. The molecule has 0 amide bonds. The van der Waals surface area contributed by atoms with Crippen LogP contribution in [0.3, 0.4) is 0 Å². The summed E-state index contributed by atoms with van der Waals surface area (Å²) in [6.07, 6.45) is -1.67. The standard InChI is InChI=1S/C24H28F4N2O3S/c1-29-22-12-17-11-21(25)23(33-8-7-30-34(31,32)14-15-5-6-15)13-19(17)20(22)10-16-3-2-4-18(9-16)24(26,27)28/h2-4,9,11,13,15,20,22,29-30H,5-8,10,12,14H2,1H3. The Morgan fingerprint density at radius 1 is 1.15 bits per heavy atom. The summed E-state index contributed by atoms with van der Waals surface area (Å²) >= 11 is 0. The summed E-state index contributed by atoms with van der Waals surface area (Å²) in [6.45, 7) is -0.00820. The normalized spacial score (nSPS) is 20.4. The quantitative estimate of drug-likeness (QED) is 0.382. The topological polar surface area (TPSA) is 67.4 Å². The van der Waals surface area contributed by atoms with E-state index in [1.165, 1.54) is 12.1 Å². The molecule has 2 N–H and O–H groups in total. The SMILES string of the molecule is CNC1Cc2cc(F)c(OCCNS(=O)(=O)CC3CC3)cc2C1Cc1cccc(C(F)(F)F)c1. The maximum absolute atomic E-state index is 14.6. The van der Waals surface area contributed by atoms with Gasteiger partial charge in [-0.05, 0) is 73.5 Å². The lowest BCUT2D eigenvalue weighted by Gasteiger charge is -2.21. The Morgan fingerprint density at radius 3 is 2.59 bits per heavy atom. The zero-order valence-electron chi connectivity index (χ0n) is 18.8. The molecule has 2 aromatic carbocycles. The van der Waals surface area contributed by atoms with E-state index in [0.29, 0.717) is 18.4 Å². The molecule has 0 aliphatic heterocycles. The molecule has 2 atom stereocenters. The first-order valence-electron chi connectivity index (χ1n) is 11.3. The smallest absolute Gasteiger partial charge is 0.416 e. The molecule has 0 aromatic heterocycles. The molecule has 0 radical (unpaired) electrons. The van der Waals surface area contributed by atoms with Gasteiger partial charge in [-0.1, -0.05) is 18.2 Å². The van der Waals surface area contributed by atoms with E-state index >= 15 is 0 Å². The van der Waals surface area contributed by atoms with Crippen LogP contribution in [-0.2, 0) is 29.0 Å². The van der Waals surface area contributed by atoms with Crippen LogP contribution in [0.1, 0.15) is 41.0 Å². The number of hydrogen-bond acceptors (Lipinski definition) is 4. The molecule has 186 valence electrons. The van der Waals surface area contributed by atoms with Crippen LogP contribution in [0.5, 0.6) is 5.75 Å². The van der Waals surface area contributed by atoms with Gasteiger partial charge in [-0.2, -0.15) is 13.2 Å². The molecule has 2 aliphatic rings. The zero-order chi connectivity index (χ0) is 24.5. The van der Waals surface area contributed by atoms with Gasteiger partial charge in [0.2, 0.25) is 10.0 Å². The predicted molar refractivity (Wildman–Crippen MR) is 121 cm³/mol. The summed E-state index contributed by atoms with van der Waals surface area (Å²) in [5.41, 5.74) is 1.45. The number of benzene rings is 2. The van der Waals surface area contributed by atoms with Gasteiger partial charge in [0.05, 0.1) is 11.3 Å². The number of likely N-dealkylation sites (N-methyl/N-ethyl adjacent to an activating group) is 1. The predicted octanol–water partition coefficient (Wildman–Crippen LogP) is 4.02. The van der Waals surface area contributed by atoms with E-state index in [4.69, 9.17) is 4.74 Å². The van der Waals surface area contributed by atoms with E-state index in [0.717, 1.165) is 36.1 Å². The molecule has 0 saturated heterocycles. The Balaban J connectivity index is 1.46. The number of rotatable bonds is 10. The molecule has 34 heavy (non-hydrogen) atoms. The number of alkyl halides is 3. The fraction of sp³-hybridized carbons (Fsp3) is 0.500. The molecule has 1 fully saturated rings. The summed E-state index contributed by atoms with van der Waals surface area (Å²) in [7, 11) is -1.60. The van der Waals surface area contributed by atoms with Crippen LogP contribution >= 0.6 is 0 Å². The highest BCUT2D eigenvalue weighted by Crippen LogP contribution is 2.40. The van der Waals surface area contributed by atoms with Gasteiger partial charge >= 0.3 is 6.18 Å². The molecule has 5 nitrogen and oxygen atoms in total. The van der Waals surface area contributed by atoms with Gasteiger partial charge < -0.3 is 10.1 Å². The number of fused-ring (bicyclic) bond motifs is 1. The van der Waals surface area contributed by atoms with Gasteiger partial charge in [0.25, 0.3) is 0 Å². The Kier molecular flexibility index (Phi) is 7.21. The van der Waals surface area contributed by atoms with E-state index in [-0.39, 0.29) is 42.5 Å². The zero-order valence-corrected chi connectivity index (χ0v) is 19.6. The van der Waals surface area contributed by atoms with Crippen molar-refractivity contribution in [3.63, 3.8) is 0 Å². The average Bonchev–Trinajstić information content (AvgIpc) is 3.51. The Hall–Kier alpha value is -2.17. The highest BCUT2D eigenvalue weighted by atomic mass is 32.2. The second kappa shape index (κ2) is 9.83. The third kappa shape index (κ3) is 6.09. The van der Waals surface area contributed by atoms with Gasteiger partial charge in [-0.15, -0.1) is 0 Å². The monoisotopic (exact) mass is 500 g/mol. The maximum Gasteiger partial charge on any atom is 0.416 e. The second-order valence-corrected chi connectivity index (χ2v) is 10.9. The van der Waals surface area contributed by atoms with Crippen molar-refractivity contribution in [3.05, 3.63) is 64.5 Å². The summed E-state index contributed by atoms with van der Waals surface area (Å²) in [5, 5.41) is 3.19. The minimum atomic E-state index is -4.42. The van der Waals surface area contributed by atoms with Crippen LogP contribution in [0.25, 0.3) is 0 Å². The van der Waals surface area contributed by atoms with Crippen LogP contribution in [0, 0.1) is 11.7 Å². The fourth-order valence-corrected chi connectivity index (χ4v) is 6.00. The molecular weight excluding hydrogens is 472 g/mol. The molecule has 0 heterocycles. The van der Waals surface area contributed by atoms with E-state index in [2.05, 4.69) is 10.0 Å². The average molecular weight is 501 g/mol. The Labute approximate surface area is 196 Å². The third-order valence-corrected chi connectivity index (χ3v) is 7.99. The first-order chi connectivity index (χ1) is 16.1. The van der Waals surface area contributed by atoms with Crippen molar-refractivity contribution in [2.45, 2.75) is 43.8 Å². The van der Waals surface area contributed by atoms with Crippen molar-refractivity contribution in [3.8, 4) is 5.75 Å². The van der Waals surface area contributed by atoms with E-state index in [1.807, 2.05) is 0 Å². The summed E-state index contributed by atoms with van der Waals surface area (Å²) in [5.74, 6) is -0.381. The van der Waals surface area contributed by atoms with Gasteiger partial charge in [-0.3, -0.25) is 0 Å². The minimum Gasteiger partial charge on any atom is -0.489 e. The van der Waals surface area contributed by atoms with Gasteiger partial charge in [-0.25, -0.2) is 17.5 Å². The summed E-state index contributed by atoms with van der Waals surface area (Å²) in [6, 6.07) is 8.19. The van der Waals surface area contributed by atoms with Crippen molar-refractivity contribution in [2.75, 3.05) is 26.0 Å². The Bertz CT molecular complexity index is 1130. The maximum atomic E-state index is 14.6. The lowest BCUT2D eigenvalue weighted by atomic mass is 9.90. The van der Waals surface area contributed by atoms with Crippen LogP contribution in [0.2, 0.25) is 0 Å². The van der Waals surface area contributed by atoms with Crippen molar-refractivity contribution in [1.29, 1.82) is 0 Å². The number of nitrogens with one attached hydrogen (secondary N) is 2. The first-order valence-corrected chi connectivity index (χ1v) is 13.0. The lowest BCUT2D eigenvalue weighted by Crippen LogP contribution is -2.31. The van der Waals surface area contributed by atoms with Crippen LogP contribution in [0.4, 0.5) is 17.6 Å². The minimum absolute atomic E-state index is 0.00550. The molecule has 4 rings (SSSR count). The number of ether oxygens (including phenoxy) is 1. The molecule has 0 bridgehead atoms. The first kappa shape index (κ1) is 24.9. The highest BCUT2D eigenvalue weighted by molar-refractivity contribution is 7.89. The van der Waals surface area contributed by atoms with E-state index < -0.39 is 27.6 Å². The van der Waals surface area contributed by atoms with Crippen LogP contribution in [0.15, 0.2) is 36.4 Å². The molecule has 10 heteroatoms. The summed E-state index contributed by atoms with van der Waals surface area (Å²) < 4.78 is 86.0. The van der Waals surface area contributed by atoms with Gasteiger partial charge in [0, 0.05) is 18.5 Å². The molecule has 2 aromatic rings. The third-order valence-electron chi connectivity index (χ3n) is 6.43. The number of hydrogen-bond donors (Lipinski definition) is 2. The lowest BCUT2D eigenvalue weighted by molar-refractivity contribution is -0.137. The van der Waals surface area contributed by atoms with Crippen molar-refractivity contribution >= 4 is 10.0 Å². The van der Waals surface area contributed by atoms with E-state index in [9.17, 15) is 26.0 Å². The van der Waals surface area contributed by atoms with Crippen LogP contribution in [-0.4, -0.2) is 40.4 Å². The van der Waals surface area contributed by atoms with Crippen LogP contribution < -0.4 is 14.8 Å².